The van der Waals surface area contributed by atoms with Crippen LogP contribution >= 0.6 is 0 Å². The number of amides is 1. The molecule has 1 atom stereocenters. The molecule has 0 saturated heterocycles. The van der Waals surface area contributed by atoms with Crippen LogP contribution in [0.2, 0.25) is 0 Å². The van der Waals surface area contributed by atoms with Crippen LogP contribution in [0.3, 0.4) is 0 Å². The fourth-order valence-electron chi connectivity index (χ4n) is 0.987. The van der Waals surface area contributed by atoms with Crippen LogP contribution < -0.4 is 11.1 Å². The SMILES string of the molecule is C=CCC(N)C(=O)Nc1ccn(C)n1. The zero-order valence-electron chi connectivity index (χ0n) is 8.10. The molecule has 1 rings (SSSR count). The van der Waals surface area contributed by atoms with E-state index in [1.165, 1.54) is 0 Å². The highest BCUT2D eigenvalue weighted by Crippen LogP contribution is 2.02. The molecule has 76 valence electrons. The predicted molar refractivity (Wildman–Crippen MR) is 54.6 cm³/mol. The zero-order chi connectivity index (χ0) is 10.6. The second kappa shape index (κ2) is 4.57. The van der Waals surface area contributed by atoms with E-state index in [0.717, 1.165) is 0 Å². The highest BCUT2D eigenvalue weighted by atomic mass is 16.2. The van der Waals surface area contributed by atoms with E-state index in [2.05, 4.69) is 17.0 Å². The lowest BCUT2D eigenvalue weighted by atomic mass is 10.2. The van der Waals surface area contributed by atoms with Crippen LogP contribution in [0.15, 0.2) is 24.9 Å². The van der Waals surface area contributed by atoms with Gasteiger partial charge in [-0.1, -0.05) is 6.08 Å². The minimum Gasteiger partial charge on any atom is -0.320 e. The molecule has 3 N–H and O–H groups in total. The third kappa shape index (κ3) is 2.70. The molecular formula is C9H14N4O. The minimum absolute atomic E-state index is 0.247. The van der Waals surface area contributed by atoms with E-state index in [1.54, 1.807) is 30.1 Å². The molecular weight excluding hydrogens is 180 g/mol. The average Bonchev–Trinajstić information content (AvgIpc) is 2.51. The summed E-state index contributed by atoms with van der Waals surface area (Å²) in [6.07, 6.45) is 3.82. The fraction of sp³-hybridized carbons (Fsp3) is 0.333. The van der Waals surface area contributed by atoms with E-state index in [0.29, 0.717) is 12.2 Å². The number of rotatable bonds is 4. The van der Waals surface area contributed by atoms with Gasteiger partial charge in [0.25, 0.3) is 0 Å². The largest absolute Gasteiger partial charge is 0.320 e. The van der Waals surface area contributed by atoms with Gasteiger partial charge in [-0.25, -0.2) is 0 Å². The topological polar surface area (TPSA) is 72.9 Å². The molecule has 5 heteroatoms. The quantitative estimate of drug-likeness (QED) is 0.675. The zero-order valence-corrected chi connectivity index (χ0v) is 8.10. The molecule has 0 bridgehead atoms. The van der Waals surface area contributed by atoms with Gasteiger partial charge in [0.1, 0.15) is 0 Å². The van der Waals surface area contributed by atoms with E-state index in [4.69, 9.17) is 5.73 Å². The summed E-state index contributed by atoms with van der Waals surface area (Å²) in [5.74, 6) is 0.264. The van der Waals surface area contributed by atoms with Gasteiger partial charge < -0.3 is 11.1 Å². The lowest BCUT2D eigenvalue weighted by Crippen LogP contribution is -2.35. The van der Waals surface area contributed by atoms with E-state index < -0.39 is 6.04 Å². The Hall–Kier alpha value is -1.62. The molecule has 1 amide bonds. The Balaban J connectivity index is 2.52. The molecule has 1 aromatic heterocycles. The van der Waals surface area contributed by atoms with Crippen molar-refractivity contribution in [2.24, 2.45) is 12.8 Å². The minimum atomic E-state index is -0.561. The Kier molecular flexibility index (Phi) is 3.41. The van der Waals surface area contributed by atoms with Gasteiger partial charge in [0.05, 0.1) is 6.04 Å². The molecule has 0 aliphatic rings. The maximum atomic E-state index is 11.4. The summed E-state index contributed by atoms with van der Waals surface area (Å²) in [6, 6.07) is 1.15. The monoisotopic (exact) mass is 194 g/mol. The second-order valence-corrected chi connectivity index (χ2v) is 2.99. The molecule has 1 heterocycles. The normalized spacial score (nSPS) is 12.1. The standard InChI is InChI=1S/C9H14N4O/c1-3-4-7(10)9(14)11-8-5-6-13(2)12-8/h3,5-7H,1,4,10H2,2H3,(H,11,12,14). The molecule has 1 unspecified atom stereocenters. The molecule has 0 aliphatic carbocycles. The Labute approximate surface area is 82.6 Å². The first-order valence-corrected chi connectivity index (χ1v) is 4.30. The molecule has 5 nitrogen and oxygen atoms in total. The smallest absolute Gasteiger partial charge is 0.242 e. The van der Waals surface area contributed by atoms with Crippen LogP contribution in [0.4, 0.5) is 5.82 Å². The predicted octanol–water partition coefficient (Wildman–Crippen LogP) is 0.262. The lowest BCUT2D eigenvalue weighted by Gasteiger charge is -2.07. The van der Waals surface area contributed by atoms with Crippen molar-refractivity contribution in [1.82, 2.24) is 9.78 Å². The van der Waals surface area contributed by atoms with E-state index in [-0.39, 0.29) is 5.91 Å². The number of nitrogens with two attached hydrogens (primary N) is 1. The van der Waals surface area contributed by atoms with Crippen molar-refractivity contribution in [3.63, 3.8) is 0 Å². The van der Waals surface area contributed by atoms with Crippen molar-refractivity contribution in [3.05, 3.63) is 24.9 Å². The van der Waals surface area contributed by atoms with Gasteiger partial charge in [0, 0.05) is 19.3 Å². The summed E-state index contributed by atoms with van der Waals surface area (Å²) in [6.45, 7) is 3.51. The Morgan fingerprint density at radius 2 is 2.64 bits per heavy atom. The maximum Gasteiger partial charge on any atom is 0.242 e. The summed E-state index contributed by atoms with van der Waals surface area (Å²) in [5, 5.41) is 6.60. The summed E-state index contributed by atoms with van der Waals surface area (Å²) in [4.78, 5) is 11.4. The van der Waals surface area contributed by atoms with Crippen LogP contribution in [0.5, 0.6) is 0 Å². The van der Waals surface area contributed by atoms with Crippen molar-refractivity contribution >= 4 is 11.7 Å². The first-order chi connectivity index (χ1) is 6.63. The van der Waals surface area contributed by atoms with Gasteiger partial charge in [0.15, 0.2) is 5.82 Å². The number of nitrogens with zero attached hydrogens (tertiary/aromatic N) is 2. The summed E-state index contributed by atoms with van der Waals surface area (Å²) >= 11 is 0. The molecule has 0 fully saturated rings. The van der Waals surface area contributed by atoms with Crippen LogP contribution in [-0.4, -0.2) is 21.7 Å². The number of anilines is 1. The highest BCUT2D eigenvalue weighted by molar-refractivity contribution is 5.93. The third-order valence-electron chi connectivity index (χ3n) is 1.72. The summed E-state index contributed by atoms with van der Waals surface area (Å²) in [5.41, 5.74) is 5.56. The lowest BCUT2D eigenvalue weighted by molar-refractivity contribution is -0.117. The molecule has 0 saturated carbocycles. The van der Waals surface area contributed by atoms with Gasteiger partial charge in [0.2, 0.25) is 5.91 Å². The van der Waals surface area contributed by atoms with Crippen molar-refractivity contribution in [3.8, 4) is 0 Å². The fourth-order valence-corrected chi connectivity index (χ4v) is 0.987. The number of carbonyl (C=O) groups excluding carboxylic acids is 1. The number of aryl methyl sites for hydroxylation is 1. The molecule has 1 aromatic rings. The maximum absolute atomic E-state index is 11.4. The van der Waals surface area contributed by atoms with Crippen LogP contribution in [0.25, 0.3) is 0 Å². The van der Waals surface area contributed by atoms with Gasteiger partial charge in [-0.3, -0.25) is 9.48 Å². The van der Waals surface area contributed by atoms with Crippen LogP contribution in [0.1, 0.15) is 6.42 Å². The number of carbonyl (C=O) groups is 1. The Morgan fingerprint density at radius 3 is 3.14 bits per heavy atom. The third-order valence-corrected chi connectivity index (χ3v) is 1.72. The van der Waals surface area contributed by atoms with Crippen LogP contribution in [0, 0.1) is 0 Å². The van der Waals surface area contributed by atoms with Gasteiger partial charge in [-0.15, -0.1) is 6.58 Å². The molecule has 0 aliphatic heterocycles. The summed E-state index contributed by atoms with van der Waals surface area (Å²) < 4.78 is 1.61. The molecule has 0 aromatic carbocycles. The number of hydrogen-bond donors (Lipinski definition) is 2. The molecule has 14 heavy (non-hydrogen) atoms. The van der Waals surface area contributed by atoms with Gasteiger partial charge in [-0.05, 0) is 6.42 Å². The van der Waals surface area contributed by atoms with Crippen molar-refractivity contribution < 1.29 is 4.79 Å². The van der Waals surface area contributed by atoms with E-state index in [9.17, 15) is 4.79 Å². The van der Waals surface area contributed by atoms with Crippen molar-refractivity contribution in [2.75, 3.05) is 5.32 Å². The van der Waals surface area contributed by atoms with Gasteiger partial charge >= 0.3 is 0 Å². The van der Waals surface area contributed by atoms with Crippen molar-refractivity contribution in [2.45, 2.75) is 12.5 Å². The first-order valence-electron chi connectivity index (χ1n) is 4.30. The summed E-state index contributed by atoms with van der Waals surface area (Å²) in [7, 11) is 1.78. The Bertz CT molecular complexity index is 331. The number of aromatic nitrogens is 2. The highest BCUT2D eigenvalue weighted by Gasteiger charge is 2.12. The van der Waals surface area contributed by atoms with Crippen molar-refractivity contribution in [1.29, 1.82) is 0 Å². The second-order valence-electron chi connectivity index (χ2n) is 2.99. The molecule has 0 spiro atoms. The van der Waals surface area contributed by atoms with Crippen LogP contribution in [-0.2, 0) is 11.8 Å². The Morgan fingerprint density at radius 1 is 1.93 bits per heavy atom. The first kappa shape index (κ1) is 10.5. The van der Waals surface area contributed by atoms with Gasteiger partial charge in [-0.2, -0.15) is 5.10 Å². The number of hydrogen-bond acceptors (Lipinski definition) is 3. The number of nitrogens with one attached hydrogen (secondary N) is 1. The van der Waals surface area contributed by atoms with E-state index in [1.807, 2.05) is 0 Å². The average molecular weight is 194 g/mol. The molecule has 0 radical (unpaired) electrons. The van der Waals surface area contributed by atoms with E-state index >= 15 is 0 Å².